The van der Waals surface area contributed by atoms with E-state index in [9.17, 15) is 4.79 Å². The average molecular weight is 162 g/mol. The fraction of sp³-hybridized carbons (Fsp3) is 0.833. The minimum Gasteiger partial charge on any atom is -0.479 e. The molecule has 0 aliphatic carbocycles. The number of carboxylic acid groups (broad SMARTS) is 1. The molecule has 1 saturated heterocycles. The number of aliphatic hydroxyl groups is 1. The fourth-order valence-electron chi connectivity index (χ4n) is 0.791. The van der Waals surface area contributed by atoms with Crippen molar-refractivity contribution < 1.29 is 24.5 Å². The van der Waals surface area contributed by atoms with Gasteiger partial charge in [-0.1, -0.05) is 0 Å². The minimum atomic E-state index is -1.03. The van der Waals surface area contributed by atoms with Crippen LogP contribution in [0.2, 0.25) is 0 Å². The van der Waals surface area contributed by atoms with E-state index in [1.54, 1.807) is 0 Å². The molecule has 5 heteroatoms. The summed E-state index contributed by atoms with van der Waals surface area (Å²) in [4.78, 5) is 10.3. The van der Waals surface area contributed by atoms with Crippen molar-refractivity contribution in [2.45, 2.75) is 12.2 Å². The van der Waals surface area contributed by atoms with Gasteiger partial charge in [0.25, 0.3) is 0 Å². The summed E-state index contributed by atoms with van der Waals surface area (Å²) in [5.41, 5.74) is 0. The van der Waals surface area contributed by atoms with Crippen molar-refractivity contribution in [3.8, 4) is 0 Å². The summed E-state index contributed by atoms with van der Waals surface area (Å²) in [5.74, 6) is -1.03. The Labute approximate surface area is 63.5 Å². The monoisotopic (exact) mass is 162 g/mol. The van der Waals surface area contributed by atoms with Crippen molar-refractivity contribution in [2.75, 3.05) is 19.8 Å². The number of aliphatic carboxylic acids is 1. The predicted molar refractivity (Wildman–Crippen MR) is 34.2 cm³/mol. The van der Waals surface area contributed by atoms with Crippen molar-refractivity contribution >= 4 is 5.97 Å². The maximum atomic E-state index is 10.3. The summed E-state index contributed by atoms with van der Waals surface area (Å²) < 4.78 is 9.80. The Morgan fingerprint density at radius 2 is 2.18 bits per heavy atom. The van der Waals surface area contributed by atoms with Gasteiger partial charge in [-0.25, -0.2) is 4.79 Å². The molecule has 64 valence electrons. The molecule has 2 atom stereocenters. The molecule has 0 aromatic carbocycles. The van der Waals surface area contributed by atoms with Crippen molar-refractivity contribution in [3.05, 3.63) is 0 Å². The second-order valence-electron chi connectivity index (χ2n) is 2.30. The van der Waals surface area contributed by atoms with E-state index in [4.69, 9.17) is 19.7 Å². The molecular weight excluding hydrogens is 152 g/mol. The van der Waals surface area contributed by atoms with Gasteiger partial charge in [0.05, 0.1) is 19.8 Å². The molecule has 0 bridgehead atoms. The van der Waals surface area contributed by atoms with Crippen molar-refractivity contribution in [3.63, 3.8) is 0 Å². The minimum absolute atomic E-state index is 0.0144. The molecule has 1 aliphatic rings. The topological polar surface area (TPSA) is 76.0 Å². The fourth-order valence-corrected chi connectivity index (χ4v) is 0.791. The molecule has 0 spiro atoms. The van der Waals surface area contributed by atoms with Gasteiger partial charge < -0.3 is 19.7 Å². The third kappa shape index (κ3) is 2.14. The van der Waals surface area contributed by atoms with Gasteiger partial charge in [-0.2, -0.15) is 0 Å². The number of carbonyl (C=O) groups is 1. The Morgan fingerprint density at radius 1 is 1.45 bits per heavy atom. The summed E-state index contributed by atoms with van der Waals surface area (Å²) in [6, 6.07) is 0. The van der Waals surface area contributed by atoms with Gasteiger partial charge in [0.15, 0.2) is 6.10 Å². The van der Waals surface area contributed by atoms with Crippen LogP contribution in [-0.2, 0) is 14.3 Å². The zero-order chi connectivity index (χ0) is 8.27. The lowest BCUT2D eigenvalue weighted by Gasteiger charge is -2.25. The largest absolute Gasteiger partial charge is 0.479 e. The molecule has 0 saturated carbocycles. The number of hydrogen-bond donors (Lipinski definition) is 2. The van der Waals surface area contributed by atoms with Crippen LogP contribution >= 0.6 is 0 Å². The van der Waals surface area contributed by atoms with E-state index in [-0.39, 0.29) is 25.9 Å². The van der Waals surface area contributed by atoms with E-state index in [0.717, 1.165) is 0 Å². The molecule has 1 heterocycles. The number of rotatable bonds is 2. The van der Waals surface area contributed by atoms with Gasteiger partial charge in [-0.3, -0.25) is 0 Å². The van der Waals surface area contributed by atoms with Gasteiger partial charge in [-0.15, -0.1) is 0 Å². The van der Waals surface area contributed by atoms with Gasteiger partial charge in [0.2, 0.25) is 0 Å². The van der Waals surface area contributed by atoms with Crippen LogP contribution in [0.15, 0.2) is 0 Å². The summed E-state index contributed by atoms with van der Waals surface area (Å²) in [6.45, 7) is 0.0281. The first-order chi connectivity index (χ1) is 5.24. The third-order valence-corrected chi connectivity index (χ3v) is 1.45. The molecule has 0 aromatic rings. The van der Waals surface area contributed by atoms with Crippen molar-refractivity contribution in [1.82, 2.24) is 0 Å². The molecule has 1 rings (SSSR count). The van der Waals surface area contributed by atoms with Crippen LogP contribution in [0, 0.1) is 0 Å². The van der Waals surface area contributed by atoms with Crippen LogP contribution in [0.3, 0.4) is 0 Å². The molecule has 0 radical (unpaired) electrons. The highest BCUT2D eigenvalue weighted by atomic mass is 16.6. The third-order valence-electron chi connectivity index (χ3n) is 1.45. The van der Waals surface area contributed by atoms with Crippen LogP contribution in [0.25, 0.3) is 0 Å². The Balaban J connectivity index is 2.30. The summed E-state index contributed by atoms with van der Waals surface area (Å²) in [6.07, 6.45) is -1.25. The highest BCUT2D eigenvalue weighted by Gasteiger charge is 2.26. The highest BCUT2D eigenvalue weighted by Crippen LogP contribution is 2.06. The number of ether oxygens (including phenoxy) is 2. The van der Waals surface area contributed by atoms with E-state index in [0.29, 0.717) is 0 Å². The highest BCUT2D eigenvalue weighted by molar-refractivity contribution is 5.72. The molecule has 2 N–H and O–H groups in total. The Hall–Kier alpha value is -0.650. The molecular formula is C6H10O5. The molecule has 2 unspecified atom stereocenters. The lowest BCUT2D eigenvalue weighted by atomic mass is 10.3. The lowest BCUT2D eigenvalue weighted by Crippen LogP contribution is -2.41. The van der Waals surface area contributed by atoms with Crippen LogP contribution in [0.1, 0.15) is 0 Å². The van der Waals surface area contributed by atoms with E-state index >= 15 is 0 Å². The number of aliphatic hydroxyl groups excluding tert-OH is 1. The Kier molecular flexibility index (Phi) is 2.81. The SMILES string of the molecule is O=C(O)C1COC(CO)CO1. The van der Waals surface area contributed by atoms with Gasteiger partial charge in [0, 0.05) is 0 Å². The van der Waals surface area contributed by atoms with Crippen molar-refractivity contribution in [2.24, 2.45) is 0 Å². The molecule has 1 aliphatic heterocycles. The summed E-state index contributed by atoms with van der Waals surface area (Å²) in [7, 11) is 0. The van der Waals surface area contributed by atoms with E-state index < -0.39 is 12.1 Å². The summed E-state index contributed by atoms with van der Waals surface area (Å²) >= 11 is 0. The quantitative estimate of drug-likeness (QED) is 0.536. The van der Waals surface area contributed by atoms with E-state index in [1.807, 2.05) is 0 Å². The molecule has 11 heavy (non-hydrogen) atoms. The number of carboxylic acids is 1. The van der Waals surface area contributed by atoms with Gasteiger partial charge in [0.1, 0.15) is 6.10 Å². The maximum absolute atomic E-state index is 10.3. The molecule has 0 amide bonds. The van der Waals surface area contributed by atoms with Crippen LogP contribution < -0.4 is 0 Å². The average Bonchev–Trinajstić information content (AvgIpc) is 2.05. The normalized spacial score (nSPS) is 31.7. The second-order valence-corrected chi connectivity index (χ2v) is 2.30. The number of hydrogen-bond acceptors (Lipinski definition) is 4. The van der Waals surface area contributed by atoms with E-state index in [1.165, 1.54) is 0 Å². The maximum Gasteiger partial charge on any atom is 0.335 e. The van der Waals surface area contributed by atoms with Crippen LogP contribution in [-0.4, -0.2) is 48.2 Å². The lowest BCUT2D eigenvalue weighted by molar-refractivity contribution is -0.179. The smallest absolute Gasteiger partial charge is 0.335 e. The van der Waals surface area contributed by atoms with Crippen LogP contribution in [0.5, 0.6) is 0 Å². The van der Waals surface area contributed by atoms with Gasteiger partial charge >= 0.3 is 5.97 Å². The molecule has 5 nitrogen and oxygen atoms in total. The summed E-state index contributed by atoms with van der Waals surface area (Å²) in [5, 5.41) is 17.0. The zero-order valence-electron chi connectivity index (χ0n) is 5.90. The standard InChI is InChI=1S/C6H10O5/c7-1-4-2-11-5(3-10-4)6(8)9/h4-5,7H,1-3H2,(H,8,9). The first-order valence-electron chi connectivity index (χ1n) is 3.31. The van der Waals surface area contributed by atoms with E-state index in [2.05, 4.69) is 0 Å². The Bertz CT molecular complexity index is 138. The zero-order valence-corrected chi connectivity index (χ0v) is 5.90. The first kappa shape index (κ1) is 8.45. The van der Waals surface area contributed by atoms with Gasteiger partial charge in [-0.05, 0) is 0 Å². The molecule has 0 aromatic heterocycles. The second kappa shape index (κ2) is 3.66. The first-order valence-corrected chi connectivity index (χ1v) is 3.31. The predicted octanol–water partition coefficient (Wildman–Crippen LogP) is -1.15. The van der Waals surface area contributed by atoms with Crippen molar-refractivity contribution in [1.29, 1.82) is 0 Å². The molecule has 1 fully saturated rings. The van der Waals surface area contributed by atoms with Crippen LogP contribution in [0.4, 0.5) is 0 Å². The Morgan fingerprint density at radius 3 is 2.55 bits per heavy atom.